The molecule has 0 aliphatic rings. The van der Waals surface area contributed by atoms with Crippen LogP contribution in [0.1, 0.15) is 75.4 Å². The normalized spacial score (nSPS) is 11.6. The lowest BCUT2D eigenvalue weighted by molar-refractivity contribution is -0.170. The van der Waals surface area contributed by atoms with Gasteiger partial charge in [-0.05, 0) is 30.7 Å². The summed E-state index contributed by atoms with van der Waals surface area (Å²) in [6.07, 6.45) is 4.00. The summed E-state index contributed by atoms with van der Waals surface area (Å²) in [5, 5.41) is 1.56. The number of thiophene rings is 1. The van der Waals surface area contributed by atoms with Crippen LogP contribution in [0.4, 0.5) is 13.2 Å². The van der Waals surface area contributed by atoms with Crippen LogP contribution in [0, 0.1) is 0 Å². The zero-order chi connectivity index (χ0) is 21.6. The Bertz CT molecular complexity index is 584. The maximum Gasteiger partial charge on any atom is 0.450 e. The summed E-state index contributed by atoms with van der Waals surface area (Å²) in [4.78, 5) is 21.7. The SMILES string of the molecule is CCCCP(=O)(CCCC)CCCC.O=C(CC(=O)C(F)(F)F)c1cccs1. The van der Waals surface area contributed by atoms with E-state index in [2.05, 4.69) is 20.8 Å². The van der Waals surface area contributed by atoms with Crippen molar-refractivity contribution in [2.45, 2.75) is 71.9 Å². The summed E-state index contributed by atoms with van der Waals surface area (Å²) in [6, 6.07) is 2.92. The molecule has 0 saturated heterocycles. The maximum absolute atomic E-state index is 12.5. The molecule has 0 aromatic carbocycles. The first-order valence-electron chi connectivity index (χ1n) is 9.83. The second-order valence-electron chi connectivity index (χ2n) is 6.79. The zero-order valence-corrected chi connectivity index (χ0v) is 18.7. The molecule has 28 heavy (non-hydrogen) atoms. The van der Waals surface area contributed by atoms with E-state index in [0.717, 1.165) is 49.1 Å². The van der Waals surface area contributed by atoms with E-state index < -0.39 is 31.3 Å². The van der Waals surface area contributed by atoms with E-state index in [9.17, 15) is 27.3 Å². The van der Waals surface area contributed by atoms with Gasteiger partial charge in [0.05, 0.1) is 18.4 Å². The quantitative estimate of drug-likeness (QED) is 0.196. The molecule has 0 atom stereocenters. The van der Waals surface area contributed by atoms with Gasteiger partial charge in [-0.2, -0.15) is 13.2 Å². The van der Waals surface area contributed by atoms with Gasteiger partial charge in [-0.15, -0.1) is 11.3 Å². The average molecular weight is 441 g/mol. The van der Waals surface area contributed by atoms with Crippen LogP contribution in [0.3, 0.4) is 0 Å². The highest BCUT2D eigenvalue weighted by molar-refractivity contribution is 7.63. The fourth-order valence-electron chi connectivity index (χ4n) is 2.44. The molecule has 0 aliphatic heterocycles. The Morgan fingerprint density at radius 3 is 1.75 bits per heavy atom. The molecule has 162 valence electrons. The largest absolute Gasteiger partial charge is 0.450 e. The van der Waals surface area contributed by atoms with Crippen molar-refractivity contribution in [1.82, 2.24) is 0 Å². The molecular weight excluding hydrogens is 408 g/mol. The lowest BCUT2D eigenvalue weighted by Gasteiger charge is -2.17. The fourth-order valence-corrected chi connectivity index (χ4v) is 6.46. The van der Waals surface area contributed by atoms with Crippen LogP contribution in [-0.4, -0.2) is 36.2 Å². The van der Waals surface area contributed by atoms with Gasteiger partial charge >= 0.3 is 6.18 Å². The van der Waals surface area contributed by atoms with E-state index in [1.165, 1.54) is 31.4 Å². The van der Waals surface area contributed by atoms with Crippen LogP contribution in [-0.2, 0) is 9.36 Å². The standard InChI is InChI=1S/C12H27OP.C8H5F3O2S/c1-4-7-10-14(13,11-8-5-2)12-9-6-3;9-8(10,11)7(13)4-5(12)6-2-1-3-14-6/h4-12H2,1-3H3;1-3H,4H2. The summed E-state index contributed by atoms with van der Waals surface area (Å²) in [5.74, 6) is -2.79. The molecule has 0 N–H and O–H groups in total. The van der Waals surface area contributed by atoms with Gasteiger partial charge in [0, 0.05) is 18.5 Å². The van der Waals surface area contributed by atoms with E-state index in [4.69, 9.17) is 0 Å². The van der Waals surface area contributed by atoms with Gasteiger partial charge < -0.3 is 4.57 Å². The van der Waals surface area contributed by atoms with Crippen molar-refractivity contribution in [3.05, 3.63) is 22.4 Å². The molecule has 0 bridgehead atoms. The van der Waals surface area contributed by atoms with Crippen molar-refractivity contribution >= 4 is 30.0 Å². The molecule has 0 fully saturated rings. The number of unbranched alkanes of at least 4 members (excludes halogenated alkanes) is 3. The highest BCUT2D eigenvalue weighted by Crippen LogP contribution is 2.48. The third kappa shape index (κ3) is 11.8. The molecule has 3 nitrogen and oxygen atoms in total. The summed E-state index contributed by atoms with van der Waals surface area (Å²) in [7, 11) is -1.77. The Hall–Kier alpha value is -0.940. The number of hydrogen-bond donors (Lipinski definition) is 0. The first-order valence-corrected chi connectivity index (χ1v) is 13.0. The fraction of sp³-hybridized carbons (Fsp3) is 0.700. The highest BCUT2D eigenvalue weighted by atomic mass is 32.1. The Kier molecular flexibility index (Phi) is 13.6. The van der Waals surface area contributed by atoms with E-state index in [1.54, 1.807) is 5.38 Å². The molecule has 0 aliphatic carbocycles. The summed E-state index contributed by atoms with van der Waals surface area (Å²) in [6.45, 7) is 6.55. The lowest BCUT2D eigenvalue weighted by Crippen LogP contribution is -2.25. The van der Waals surface area contributed by atoms with E-state index >= 15 is 0 Å². The Labute approximate surface area is 170 Å². The first-order chi connectivity index (χ1) is 13.1. The molecule has 1 aromatic heterocycles. The smallest absolute Gasteiger partial charge is 0.324 e. The van der Waals surface area contributed by atoms with Crippen LogP contribution in [0.25, 0.3) is 0 Å². The van der Waals surface area contributed by atoms with Crippen molar-refractivity contribution in [1.29, 1.82) is 0 Å². The predicted molar refractivity (Wildman–Crippen MR) is 111 cm³/mol. The van der Waals surface area contributed by atoms with Gasteiger partial charge in [0.25, 0.3) is 0 Å². The summed E-state index contributed by atoms with van der Waals surface area (Å²) in [5.41, 5.74) is 0. The Morgan fingerprint density at radius 1 is 0.964 bits per heavy atom. The number of alkyl halides is 3. The van der Waals surface area contributed by atoms with Gasteiger partial charge in [0.15, 0.2) is 5.78 Å². The van der Waals surface area contributed by atoms with E-state index in [-0.39, 0.29) is 4.88 Å². The average Bonchev–Trinajstić information content (AvgIpc) is 3.18. The first kappa shape index (κ1) is 27.1. The number of halogens is 3. The second kappa shape index (κ2) is 14.1. The van der Waals surface area contributed by atoms with Crippen LogP contribution in [0.5, 0.6) is 0 Å². The van der Waals surface area contributed by atoms with Gasteiger partial charge in [0.2, 0.25) is 5.78 Å². The maximum atomic E-state index is 12.5. The topological polar surface area (TPSA) is 51.2 Å². The van der Waals surface area contributed by atoms with Gasteiger partial charge in [-0.25, -0.2) is 0 Å². The minimum absolute atomic E-state index is 0.169. The van der Waals surface area contributed by atoms with Crippen LogP contribution >= 0.6 is 18.5 Å². The number of hydrogen-bond acceptors (Lipinski definition) is 4. The molecule has 1 aromatic rings. The third-order valence-corrected chi connectivity index (χ3v) is 8.50. The third-order valence-electron chi connectivity index (χ3n) is 4.19. The number of ketones is 2. The number of carbonyl (C=O) groups is 2. The lowest BCUT2D eigenvalue weighted by atomic mass is 10.2. The molecular formula is C20H32F3O3PS. The Balaban J connectivity index is 0.000000521. The molecule has 1 heterocycles. The van der Waals surface area contributed by atoms with Crippen molar-refractivity contribution in [3.8, 4) is 0 Å². The molecule has 0 spiro atoms. The molecule has 0 unspecified atom stereocenters. The van der Waals surface area contributed by atoms with Gasteiger partial charge in [0.1, 0.15) is 0 Å². The minimum atomic E-state index is -4.92. The molecule has 0 radical (unpaired) electrons. The number of carbonyl (C=O) groups excluding carboxylic acids is 2. The van der Waals surface area contributed by atoms with Gasteiger partial charge in [-0.1, -0.05) is 46.1 Å². The monoisotopic (exact) mass is 440 g/mol. The molecule has 1 rings (SSSR count). The summed E-state index contributed by atoms with van der Waals surface area (Å²) < 4.78 is 47.7. The zero-order valence-electron chi connectivity index (χ0n) is 17.0. The van der Waals surface area contributed by atoms with Crippen molar-refractivity contribution in [2.24, 2.45) is 0 Å². The van der Waals surface area contributed by atoms with Crippen LogP contribution in [0.2, 0.25) is 0 Å². The number of Topliss-reactive ketones (excluding diaryl/α,β-unsaturated/α-hetero) is 2. The number of rotatable bonds is 12. The second-order valence-corrected chi connectivity index (χ2v) is 11.2. The molecule has 8 heteroatoms. The van der Waals surface area contributed by atoms with Crippen molar-refractivity contribution < 1.29 is 27.3 Å². The highest BCUT2D eigenvalue weighted by Gasteiger charge is 2.39. The van der Waals surface area contributed by atoms with Crippen LogP contribution in [0.15, 0.2) is 17.5 Å². The molecule has 0 amide bonds. The van der Waals surface area contributed by atoms with Crippen molar-refractivity contribution in [3.63, 3.8) is 0 Å². The molecule has 0 saturated carbocycles. The minimum Gasteiger partial charge on any atom is -0.324 e. The summed E-state index contributed by atoms with van der Waals surface area (Å²) >= 11 is 1.01. The Morgan fingerprint density at radius 2 is 1.43 bits per heavy atom. The van der Waals surface area contributed by atoms with Gasteiger partial charge in [-0.3, -0.25) is 9.59 Å². The van der Waals surface area contributed by atoms with E-state index in [0.29, 0.717) is 0 Å². The predicted octanol–water partition coefficient (Wildman–Crippen LogP) is 7.20. The van der Waals surface area contributed by atoms with Crippen LogP contribution < -0.4 is 0 Å². The van der Waals surface area contributed by atoms with E-state index in [1.807, 2.05) is 0 Å². The van der Waals surface area contributed by atoms with Crippen molar-refractivity contribution in [2.75, 3.05) is 18.5 Å².